The molecule has 0 aromatic heterocycles. The van der Waals surface area contributed by atoms with Gasteiger partial charge in [0.25, 0.3) is 0 Å². The number of aliphatic hydroxyl groups is 2. The standard InChI is InChI=1S/C32H50O6/c1-16(2)18(4)30(6)14-25(30)17(3)23-10-11-24-22-9-8-20-12-21(38-19(5)33)13-27(35)31(20,7)28(22)26(34)15-32(23,24)29(36)37/h8,16-18,21-28,34-35H,9-15H2,1-7H3,(H,36,37). The van der Waals surface area contributed by atoms with Crippen LogP contribution in [-0.2, 0) is 14.3 Å². The average molecular weight is 531 g/mol. The number of hydrogen-bond acceptors (Lipinski definition) is 5. The van der Waals surface area contributed by atoms with Crippen molar-refractivity contribution in [3.05, 3.63) is 11.6 Å². The van der Waals surface area contributed by atoms with Crippen molar-refractivity contribution >= 4 is 11.9 Å². The Labute approximate surface area is 228 Å². The molecule has 0 heterocycles. The van der Waals surface area contributed by atoms with Crippen molar-refractivity contribution in [2.75, 3.05) is 0 Å². The van der Waals surface area contributed by atoms with E-state index >= 15 is 0 Å². The molecule has 4 fully saturated rings. The van der Waals surface area contributed by atoms with Crippen LogP contribution in [0.1, 0.15) is 93.4 Å². The summed E-state index contributed by atoms with van der Waals surface area (Å²) < 4.78 is 5.47. The van der Waals surface area contributed by atoms with E-state index in [1.54, 1.807) is 0 Å². The van der Waals surface area contributed by atoms with E-state index in [4.69, 9.17) is 4.74 Å². The number of aliphatic hydroxyl groups excluding tert-OH is 2. The van der Waals surface area contributed by atoms with Crippen molar-refractivity contribution in [1.29, 1.82) is 0 Å². The average Bonchev–Trinajstić information content (AvgIpc) is 3.36. The van der Waals surface area contributed by atoms with Gasteiger partial charge in [-0.3, -0.25) is 9.59 Å². The van der Waals surface area contributed by atoms with Crippen LogP contribution in [0.4, 0.5) is 0 Å². The summed E-state index contributed by atoms with van der Waals surface area (Å²) in [5, 5.41) is 34.2. The van der Waals surface area contributed by atoms with Gasteiger partial charge in [0.15, 0.2) is 0 Å². The van der Waals surface area contributed by atoms with Crippen LogP contribution in [0.15, 0.2) is 11.6 Å². The monoisotopic (exact) mass is 530 g/mol. The van der Waals surface area contributed by atoms with E-state index in [1.807, 2.05) is 0 Å². The number of carboxylic acids is 1. The zero-order valence-electron chi connectivity index (χ0n) is 24.4. The second-order valence-electron chi connectivity index (χ2n) is 14.7. The smallest absolute Gasteiger partial charge is 0.310 e. The highest BCUT2D eigenvalue weighted by molar-refractivity contribution is 5.76. The van der Waals surface area contributed by atoms with Gasteiger partial charge in [0.05, 0.1) is 17.6 Å². The summed E-state index contributed by atoms with van der Waals surface area (Å²) in [5.74, 6) is 0.874. The quantitative estimate of drug-likeness (QED) is 0.311. The number of carbonyl (C=O) groups excluding carboxylic acids is 1. The fourth-order valence-corrected chi connectivity index (χ4v) is 10.7. The molecule has 0 radical (unpaired) electrons. The molecule has 6 heteroatoms. The molecule has 0 spiro atoms. The summed E-state index contributed by atoms with van der Waals surface area (Å²) in [4.78, 5) is 24.9. The molecule has 3 N–H and O–H groups in total. The largest absolute Gasteiger partial charge is 0.481 e. The van der Waals surface area contributed by atoms with Crippen molar-refractivity contribution < 1.29 is 29.6 Å². The number of aliphatic carboxylic acids is 1. The van der Waals surface area contributed by atoms with E-state index in [9.17, 15) is 24.9 Å². The fourth-order valence-electron chi connectivity index (χ4n) is 10.7. The summed E-state index contributed by atoms with van der Waals surface area (Å²) in [6, 6.07) is 0. The molecule has 0 saturated heterocycles. The van der Waals surface area contributed by atoms with Crippen molar-refractivity contribution in [1.82, 2.24) is 0 Å². The Balaban J connectivity index is 1.45. The molecule has 214 valence electrons. The minimum atomic E-state index is -0.911. The molecule has 0 aromatic carbocycles. The fraction of sp³-hybridized carbons (Fsp3) is 0.875. The third kappa shape index (κ3) is 3.86. The molecule has 0 amide bonds. The number of ether oxygens (including phenoxy) is 1. The maximum Gasteiger partial charge on any atom is 0.310 e. The van der Waals surface area contributed by atoms with Crippen LogP contribution in [0.2, 0.25) is 0 Å². The molecule has 0 bridgehead atoms. The predicted molar refractivity (Wildman–Crippen MR) is 145 cm³/mol. The van der Waals surface area contributed by atoms with Crippen molar-refractivity contribution in [3.63, 3.8) is 0 Å². The summed E-state index contributed by atoms with van der Waals surface area (Å²) >= 11 is 0. The molecule has 0 aliphatic heterocycles. The molecule has 13 atom stereocenters. The van der Waals surface area contributed by atoms with Crippen molar-refractivity contribution in [2.45, 2.75) is 112 Å². The molecular weight excluding hydrogens is 480 g/mol. The maximum absolute atomic E-state index is 13.3. The van der Waals surface area contributed by atoms with Crippen LogP contribution in [-0.4, -0.2) is 45.6 Å². The summed E-state index contributed by atoms with van der Waals surface area (Å²) in [5.41, 5.74) is -0.215. The second kappa shape index (κ2) is 9.33. The first-order valence-corrected chi connectivity index (χ1v) is 15.2. The first-order valence-electron chi connectivity index (χ1n) is 15.2. The number of carboxylic acid groups (broad SMARTS) is 1. The van der Waals surface area contributed by atoms with Crippen LogP contribution in [0.25, 0.3) is 0 Å². The minimum absolute atomic E-state index is 0.00129. The van der Waals surface area contributed by atoms with Crippen LogP contribution in [0.3, 0.4) is 0 Å². The SMILES string of the molecule is CC(=O)OC1CC2=CCC3C(C(O)CC4(C(=O)O)C(C(C)C5CC5(C)C(C)C(C)C)CCC34)C2(C)C(O)C1. The van der Waals surface area contributed by atoms with Gasteiger partial charge in [0, 0.05) is 25.2 Å². The number of rotatable bonds is 6. The minimum Gasteiger partial charge on any atom is -0.481 e. The third-order valence-electron chi connectivity index (χ3n) is 13.1. The Kier molecular flexibility index (Phi) is 6.91. The third-order valence-corrected chi connectivity index (χ3v) is 13.1. The lowest BCUT2D eigenvalue weighted by molar-refractivity contribution is -0.190. The maximum atomic E-state index is 13.3. The molecule has 5 aliphatic carbocycles. The second-order valence-corrected chi connectivity index (χ2v) is 14.7. The van der Waals surface area contributed by atoms with Gasteiger partial charge in [-0.25, -0.2) is 0 Å². The predicted octanol–water partition coefficient (Wildman–Crippen LogP) is 5.46. The van der Waals surface area contributed by atoms with Gasteiger partial charge in [-0.2, -0.15) is 0 Å². The zero-order chi connectivity index (χ0) is 27.9. The summed E-state index contributed by atoms with van der Waals surface area (Å²) in [6.45, 7) is 15.1. The molecule has 0 aromatic rings. The lowest BCUT2D eigenvalue weighted by Gasteiger charge is -2.60. The normalized spacial score (nSPS) is 49.3. The van der Waals surface area contributed by atoms with Crippen molar-refractivity contribution in [3.8, 4) is 0 Å². The number of fused-ring (bicyclic) bond motifs is 5. The molecule has 4 saturated carbocycles. The van der Waals surface area contributed by atoms with Crippen LogP contribution in [0.5, 0.6) is 0 Å². The zero-order valence-corrected chi connectivity index (χ0v) is 24.4. The van der Waals surface area contributed by atoms with Gasteiger partial charge >= 0.3 is 11.9 Å². The van der Waals surface area contributed by atoms with E-state index in [0.717, 1.165) is 24.8 Å². The molecular formula is C32H50O6. The van der Waals surface area contributed by atoms with E-state index < -0.39 is 29.0 Å². The molecule has 5 rings (SSSR count). The van der Waals surface area contributed by atoms with Gasteiger partial charge in [-0.1, -0.05) is 53.2 Å². The number of allylic oxidation sites excluding steroid dienone is 1. The first-order chi connectivity index (χ1) is 17.7. The lowest BCUT2D eigenvalue weighted by atomic mass is 9.45. The Morgan fingerprint density at radius 2 is 1.74 bits per heavy atom. The van der Waals surface area contributed by atoms with E-state index in [0.29, 0.717) is 36.5 Å². The van der Waals surface area contributed by atoms with E-state index in [-0.39, 0.29) is 47.6 Å². The van der Waals surface area contributed by atoms with Crippen LogP contribution >= 0.6 is 0 Å². The first kappa shape index (κ1) is 28.1. The highest BCUT2D eigenvalue weighted by Crippen LogP contribution is 2.71. The van der Waals surface area contributed by atoms with Gasteiger partial charge in [0.1, 0.15) is 6.10 Å². The van der Waals surface area contributed by atoms with Gasteiger partial charge in [-0.15, -0.1) is 0 Å². The molecule has 38 heavy (non-hydrogen) atoms. The molecule has 5 aliphatic rings. The van der Waals surface area contributed by atoms with Crippen molar-refractivity contribution in [2.24, 2.45) is 63.6 Å². The van der Waals surface area contributed by atoms with E-state index in [2.05, 4.69) is 47.6 Å². The van der Waals surface area contributed by atoms with E-state index in [1.165, 1.54) is 13.3 Å². The Morgan fingerprint density at radius 3 is 2.34 bits per heavy atom. The number of carbonyl (C=O) groups is 2. The van der Waals surface area contributed by atoms with Crippen LogP contribution < -0.4 is 0 Å². The Bertz CT molecular complexity index is 1000. The van der Waals surface area contributed by atoms with Gasteiger partial charge in [-0.05, 0) is 84.9 Å². The molecule has 13 unspecified atom stereocenters. The lowest BCUT2D eigenvalue weighted by Crippen LogP contribution is -2.62. The molecule has 6 nitrogen and oxygen atoms in total. The Morgan fingerprint density at radius 1 is 1.05 bits per heavy atom. The highest BCUT2D eigenvalue weighted by atomic mass is 16.5. The Hall–Kier alpha value is -1.40. The summed E-state index contributed by atoms with van der Waals surface area (Å²) in [7, 11) is 0. The highest BCUT2D eigenvalue weighted by Gasteiger charge is 2.70. The topological polar surface area (TPSA) is 104 Å². The van der Waals surface area contributed by atoms with Gasteiger partial charge < -0.3 is 20.1 Å². The summed E-state index contributed by atoms with van der Waals surface area (Å²) in [6.07, 6.45) is 5.18. The van der Waals surface area contributed by atoms with Crippen LogP contribution in [0, 0.1) is 63.6 Å². The number of hydrogen-bond donors (Lipinski definition) is 3. The van der Waals surface area contributed by atoms with Gasteiger partial charge in [0.2, 0.25) is 0 Å². The number of esters is 1.